The highest BCUT2D eigenvalue weighted by molar-refractivity contribution is 5.53. The van der Waals surface area contributed by atoms with Crippen molar-refractivity contribution >= 4 is 17.6 Å². The minimum Gasteiger partial charge on any atom is -0.348 e. The van der Waals surface area contributed by atoms with Crippen molar-refractivity contribution < 1.29 is 4.39 Å². The largest absolute Gasteiger partial charge is 0.348 e. The standard InChI is InChI=1S/C18H26FN7/c1-26-9-7-14(13(19)11-26)21-18-20-8-6-16(23-18)22-17-10-15(24-25-17)12-4-2-3-5-12/h6,8,10,12-14H,2-5,7,9,11H2,1H3,(H3,20,21,22,23,24,25)/t13-,14+/m1/s1. The zero-order valence-corrected chi connectivity index (χ0v) is 15.1. The topological polar surface area (TPSA) is 81.8 Å². The van der Waals surface area contributed by atoms with Gasteiger partial charge in [-0.15, -0.1) is 0 Å². The molecule has 1 aliphatic carbocycles. The monoisotopic (exact) mass is 359 g/mol. The number of likely N-dealkylation sites (tertiary alicyclic amines) is 1. The quantitative estimate of drug-likeness (QED) is 0.761. The lowest BCUT2D eigenvalue weighted by molar-refractivity contribution is 0.149. The molecule has 2 fully saturated rings. The van der Waals surface area contributed by atoms with Crippen LogP contribution in [-0.2, 0) is 0 Å². The number of alkyl halides is 1. The Kier molecular flexibility index (Phi) is 5.01. The summed E-state index contributed by atoms with van der Waals surface area (Å²) in [6.07, 6.45) is 6.52. The molecule has 1 saturated carbocycles. The minimum absolute atomic E-state index is 0.249. The summed E-state index contributed by atoms with van der Waals surface area (Å²) in [5.41, 5.74) is 1.18. The molecule has 0 bridgehead atoms. The van der Waals surface area contributed by atoms with Crippen molar-refractivity contribution in [3.05, 3.63) is 24.0 Å². The summed E-state index contributed by atoms with van der Waals surface area (Å²) in [5, 5.41) is 13.8. The Morgan fingerprint density at radius 3 is 2.88 bits per heavy atom. The first-order valence-corrected chi connectivity index (χ1v) is 9.42. The van der Waals surface area contributed by atoms with Crippen LogP contribution < -0.4 is 10.6 Å². The van der Waals surface area contributed by atoms with E-state index in [1.165, 1.54) is 31.4 Å². The zero-order valence-electron chi connectivity index (χ0n) is 15.1. The van der Waals surface area contributed by atoms with Crippen LogP contribution in [0.25, 0.3) is 0 Å². The van der Waals surface area contributed by atoms with Crippen LogP contribution in [0.3, 0.4) is 0 Å². The second-order valence-electron chi connectivity index (χ2n) is 7.40. The van der Waals surface area contributed by atoms with Gasteiger partial charge in [-0.1, -0.05) is 12.8 Å². The highest BCUT2D eigenvalue weighted by Crippen LogP contribution is 2.34. The number of nitrogens with zero attached hydrogens (tertiary/aromatic N) is 4. The zero-order chi connectivity index (χ0) is 17.9. The van der Waals surface area contributed by atoms with E-state index in [9.17, 15) is 4.39 Å². The van der Waals surface area contributed by atoms with Crippen molar-refractivity contribution in [3.63, 3.8) is 0 Å². The second kappa shape index (κ2) is 7.57. The van der Waals surface area contributed by atoms with Crippen LogP contribution in [0, 0.1) is 0 Å². The number of rotatable bonds is 5. The Morgan fingerprint density at radius 2 is 2.08 bits per heavy atom. The first-order chi connectivity index (χ1) is 12.7. The highest BCUT2D eigenvalue weighted by Gasteiger charge is 2.28. The van der Waals surface area contributed by atoms with Gasteiger partial charge in [-0.05, 0) is 32.4 Å². The second-order valence-corrected chi connectivity index (χ2v) is 7.40. The first kappa shape index (κ1) is 17.2. The van der Waals surface area contributed by atoms with Crippen LogP contribution in [0.15, 0.2) is 18.3 Å². The predicted octanol–water partition coefficient (Wildman–Crippen LogP) is 3.06. The molecule has 140 valence electrons. The van der Waals surface area contributed by atoms with E-state index in [1.54, 1.807) is 12.3 Å². The minimum atomic E-state index is -0.922. The average Bonchev–Trinajstić information content (AvgIpc) is 3.29. The number of aromatic amines is 1. The van der Waals surface area contributed by atoms with E-state index in [0.717, 1.165) is 18.8 Å². The fraction of sp³-hybridized carbons (Fsp3) is 0.611. The maximum absolute atomic E-state index is 14.2. The van der Waals surface area contributed by atoms with Crippen LogP contribution in [0.4, 0.5) is 22.0 Å². The van der Waals surface area contributed by atoms with Gasteiger partial charge < -0.3 is 15.5 Å². The molecule has 1 aliphatic heterocycles. The van der Waals surface area contributed by atoms with Gasteiger partial charge in [0, 0.05) is 37.0 Å². The van der Waals surface area contributed by atoms with Crippen molar-refractivity contribution in [1.29, 1.82) is 0 Å². The van der Waals surface area contributed by atoms with Crippen molar-refractivity contribution in [1.82, 2.24) is 25.1 Å². The molecular formula is C18H26FN7. The number of anilines is 3. The van der Waals surface area contributed by atoms with Gasteiger partial charge in [0.1, 0.15) is 12.0 Å². The van der Waals surface area contributed by atoms with E-state index in [-0.39, 0.29) is 6.04 Å². The Bertz CT molecular complexity index is 728. The third-order valence-corrected chi connectivity index (χ3v) is 5.36. The summed E-state index contributed by atoms with van der Waals surface area (Å²) in [6.45, 7) is 1.31. The SMILES string of the molecule is CN1CC[C@H](Nc2nccc(Nc3cc(C4CCCC4)[nH]n3)n2)[C@H](F)C1. The first-order valence-electron chi connectivity index (χ1n) is 9.42. The average molecular weight is 359 g/mol. The van der Waals surface area contributed by atoms with Crippen molar-refractivity contribution in [2.45, 2.75) is 50.2 Å². The molecule has 0 radical (unpaired) electrons. The molecule has 0 amide bonds. The smallest absolute Gasteiger partial charge is 0.224 e. The number of hydrogen-bond donors (Lipinski definition) is 3. The van der Waals surface area contributed by atoms with Gasteiger partial charge in [0.2, 0.25) is 5.95 Å². The van der Waals surface area contributed by atoms with E-state index in [1.807, 2.05) is 11.9 Å². The number of halogens is 1. The Hall–Kier alpha value is -2.22. The normalized spacial score (nSPS) is 24.7. The molecule has 3 N–H and O–H groups in total. The molecule has 1 saturated heterocycles. The summed E-state index contributed by atoms with van der Waals surface area (Å²) >= 11 is 0. The van der Waals surface area contributed by atoms with Crippen LogP contribution in [0.5, 0.6) is 0 Å². The number of hydrogen-bond acceptors (Lipinski definition) is 6. The van der Waals surface area contributed by atoms with Gasteiger partial charge >= 0.3 is 0 Å². The van der Waals surface area contributed by atoms with E-state index in [4.69, 9.17) is 0 Å². The fourth-order valence-electron chi connectivity index (χ4n) is 3.86. The predicted molar refractivity (Wildman–Crippen MR) is 99.5 cm³/mol. The lowest BCUT2D eigenvalue weighted by Crippen LogP contribution is -2.46. The van der Waals surface area contributed by atoms with Crippen molar-refractivity contribution in [2.75, 3.05) is 30.8 Å². The van der Waals surface area contributed by atoms with Crippen LogP contribution in [0.1, 0.15) is 43.7 Å². The number of H-pyrrole nitrogens is 1. The van der Waals surface area contributed by atoms with Gasteiger partial charge in [0.25, 0.3) is 0 Å². The van der Waals surface area contributed by atoms with E-state index >= 15 is 0 Å². The molecule has 0 unspecified atom stereocenters. The van der Waals surface area contributed by atoms with E-state index < -0.39 is 6.17 Å². The molecule has 8 heteroatoms. The molecule has 2 atom stereocenters. The molecule has 7 nitrogen and oxygen atoms in total. The summed E-state index contributed by atoms with van der Waals surface area (Å²) < 4.78 is 14.2. The summed E-state index contributed by atoms with van der Waals surface area (Å²) in [6, 6.07) is 3.59. The Morgan fingerprint density at radius 1 is 1.23 bits per heavy atom. The molecule has 2 aliphatic rings. The number of aromatic nitrogens is 4. The van der Waals surface area contributed by atoms with Crippen molar-refractivity contribution in [2.24, 2.45) is 0 Å². The highest BCUT2D eigenvalue weighted by atomic mass is 19.1. The van der Waals surface area contributed by atoms with Gasteiger partial charge in [0.05, 0.1) is 6.04 Å². The maximum atomic E-state index is 14.2. The summed E-state index contributed by atoms with van der Waals surface area (Å²) in [4.78, 5) is 10.7. The van der Waals surface area contributed by atoms with Gasteiger partial charge in [0.15, 0.2) is 5.82 Å². The van der Waals surface area contributed by atoms with Crippen LogP contribution in [0.2, 0.25) is 0 Å². The molecule has 3 heterocycles. The number of nitrogens with one attached hydrogen (secondary N) is 3. The van der Waals surface area contributed by atoms with Crippen LogP contribution in [-0.4, -0.2) is 57.4 Å². The lowest BCUT2D eigenvalue weighted by Gasteiger charge is -2.32. The fourth-order valence-corrected chi connectivity index (χ4v) is 3.86. The van der Waals surface area contributed by atoms with E-state index in [0.29, 0.717) is 24.2 Å². The molecule has 4 rings (SSSR count). The maximum Gasteiger partial charge on any atom is 0.224 e. The molecule has 26 heavy (non-hydrogen) atoms. The van der Waals surface area contributed by atoms with Crippen molar-refractivity contribution in [3.8, 4) is 0 Å². The van der Waals surface area contributed by atoms with Crippen LogP contribution >= 0.6 is 0 Å². The van der Waals surface area contributed by atoms with Gasteiger partial charge in [-0.3, -0.25) is 5.10 Å². The molecule has 2 aromatic rings. The third kappa shape index (κ3) is 3.95. The Labute approximate surface area is 152 Å². The summed E-state index contributed by atoms with van der Waals surface area (Å²) in [7, 11) is 1.94. The summed E-state index contributed by atoms with van der Waals surface area (Å²) in [5.74, 6) is 2.43. The molecule has 2 aromatic heterocycles. The Balaban J connectivity index is 1.39. The van der Waals surface area contributed by atoms with Gasteiger partial charge in [-0.25, -0.2) is 9.37 Å². The number of piperidine rings is 1. The molecule has 0 spiro atoms. The molecular weight excluding hydrogens is 333 g/mol. The van der Waals surface area contributed by atoms with E-state index in [2.05, 4.69) is 36.9 Å². The third-order valence-electron chi connectivity index (χ3n) is 5.36. The lowest BCUT2D eigenvalue weighted by atomic mass is 10.0. The van der Waals surface area contributed by atoms with Gasteiger partial charge in [-0.2, -0.15) is 10.1 Å². The molecule has 0 aromatic carbocycles.